The Morgan fingerprint density at radius 2 is 2.17 bits per heavy atom. The van der Waals surface area contributed by atoms with Crippen LogP contribution in [0.2, 0.25) is 0 Å². The Morgan fingerprint density at radius 3 is 2.83 bits per heavy atom. The smallest absolute Gasteiger partial charge is 0.165 e. The molecule has 1 fully saturated rings. The summed E-state index contributed by atoms with van der Waals surface area (Å²) < 4.78 is 32.0. The monoisotopic (exact) mass is 255 g/mol. The minimum atomic E-state index is -0.490. The summed E-state index contributed by atoms with van der Waals surface area (Å²) in [6.45, 7) is 2.06. The van der Waals surface area contributed by atoms with Gasteiger partial charge in [-0.3, -0.25) is 0 Å². The molecule has 18 heavy (non-hydrogen) atoms. The van der Waals surface area contributed by atoms with Crippen molar-refractivity contribution in [1.29, 1.82) is 0 Å². The third-order valence-electron chi connectivity index (χ3n) is 3.54. The summed E-state index contributed by atoms with van der Waals surface area (Å²) in [5, 5.41) is 3.33. The standard InChI is InChI=1S/C14H19F2NO/c1-18-14-8-12(15)11(7-13(14)16)5-4-10-3-2-6-17-9-10/h7-8,10,17H,2-6,9H2,1H3. The minimum Gasteiger partial charge on any atom is -0.494 e. The summed E-state index contributed by atoms with van der Waals surface area (Å²) in [6.07, 6.45) is 3.83. The maximum atomic E-state index is 13.7. The number of halogens is 2. The second-order valence-electron chi connectivity index (χ2n) is 4.83. The summed E-state index contributed by atoms with van der Waals surface area (Å²) in [6, 6.07) is 2.38. The van der Waals surface area contributed by atoms with Gasteiger partial charge in [-0.1, -0.05) is 0 Å². The first kappa shape index (κ1) is 13.3. The van der Waals surface area contributed by atoms with E-state index in [4.69, 9.17) is 4.74 Å². The van der Waals surface area contributed by atoms with E-state index in [0.29, 0.717) is 17.9 Å². The molecule has 0 bridgehead atoms. The Bertz CT molecular complexity index is 403. The van der Waals surface area contributed by atoms with Crippen molar-refractivity contribution in [2.45, 2.75) is 25.7 Å². The molecule has 1 saturated heterocycles. The summed E-state index contributed by atoms with van der Waals surface area (Å²) in [7, 11) is 1.34. The van der Waals surface area contributed by atoms with Crippen LogP contribution in [0.15, 0.2) is 12.1 Å². The molecule has 1 atom stereocenters. The molecule has 1 aromatic rings. The molecule has 0 amide bonds. The first-order valence-corrected chi connectivity index (χ1v) is 6.43. The quantitative estimate of drug-likeness (QED) is 0.893. The largest absolute Gasteiger partial charge is 0.494 e. The van der Waals surface area contributed by atoms with Crippen molar-refractivity contribution in [2.24, 2.45) is 5.92 Å². The molecule has 4 heteroatoms. The molecule has 1 N–H and O–H groups in total. The zero-order chi connectivity index (χ0) is 13.0. The third-order valence-corrected chi connectivity index (χ3v) is 3.54. The topological polar surface area (TPSA) is 21.3 Å². The van der Waals surface area contributed by atoms with Gasteiger partial charge in [0.2, 0.25) is 0 Å². The van der Waals surface area contributed by atoms with Gasteiger partial charge in [0.15, 0.2) is 11.6 Å². The van der Waals surface area contributed by atoms with E-state index in [1.807, 2.05) is 0 Å². The van der Waals surface area contributed by atoms with E-state index in [2.05, 4.69) is 5.32 Å². The van der Waals surface area contributed by atoms with E-state index >= 15 is 0 Å². The molecule has 100 valence electrons. The number of hydrogen-bond donors (Lipinski definition) is 1. The first-order chi connectivity index (χ1) is 8.70. The van der Waals surface area contributed by atoms with Crippen molar-refractivity contribution in [1.82, 2.24) is 5.32 Å². The van der Waals surface area contributed by atoms with Gasteiger partial charge in [0.05, 0.1) is 7.11 Å². The van der Waals surface area contributed by atoms with Crippen LogP contribution in [0.5, 0.6) is 5.75 Å². The predicted molar refractivity (Wildman–Crippen MR) is 66.8 cm³/mol. The highest BCUT2D eigenvalue weighted by Gasteiger charge is 2.15. The predicted octanol–water partition coefficient (Wildman–Crippen LogP) is 2.91. The van der Waals surface area contributed by atoms with Crippen LogP contribution in [0.3, 0.4) is 0 Å². The molecule has 0 aliphatic carbocycles. The van der Waals surface area contributed by atoms with Crippen molar-refractivity contribution in [3.05, 3.63) is 29.3 Å². The summed E-state index contributed by atoms with van der Waals surface area (Å²) >= 11 is 0. The minimum absolute atomic E-state index is 0.0319. The van der Waals surface area contributed by atoms with Crippen LogP contribution in [-0.4, -0.2) is 20.2 Å². The average molecular weight is 255 g/mol. The SMILES string of the molecule is COc1cc(F)c(CCC2CCCNC2)cc1F. The van der Waals surface area contributed by atoms with Gasteiger partial charge in [-0.2, -0.15) is 0 Å². The van der Waals surface area contributed by atoms with Gasteiger partial charge in [0.1, 0.15) is 5.82 Å². The van der Waals surface area contributed by atoms with E-state index < -0.39 is 5.82 Å². The number of benzene rings is 1. The molecule has 0 spiro atoms. The fourth-order valence-electron chi connectivity index (χ4n) is 2.45. The number of methoxy groups -OCH3 is 1. The number of hydrogen-bond acceptors (Lipinski definition) is 2. The van der Waals surface area contributed by atoms with Gasteiger partial charge >= 0.3 is 0 Å². The number of piperidine rings is 1. The highest BCUT2D eigenvalue weighted by atomic mass is 19.1. The van der Waals surface area contributed by atoms with Gasteiger partial charge in [-0.25, -0.2) is 8.78 Å². The highest BCUT2D eigenvalue weighted by molar-refractivity contribution is 5.30. The molecular weight excluding hydrogens is 236 g/mol. The van der Waals surface area contributed by atoms with E-state index in [0.717, 1.165) is 25.6 Å². The van der Waals surface area contributed by atoms with Crippen LogP contribution < -0.4 is 10.1 Å². The lowest BCUT2D eigenvalue weighted by atomic mass is 9.92. The van der Waals surface area contributed by atoms with Crippen LogP contribution in [0.4, 0.5) is 8.78 Å². The van der Waals surface area contributed by atoms with Crippen molar-refractivity contribution >= 4 is 0 Å². The number of ether oxygens (including phenoxy) is 1. The van der Waals surface area contributed by atoms with Crippen LogP contribution in [0.1, 0.15) is 24.8 Å². The fourth-order valence-corrected chi connectivity index (χ4v) is 2.45. The van der Waals surface area contributed by atoms with Crippen LogP contribution in [0.25, 0.3) is 0 Å². The molecule has 2 rings (SSSR count). The van der Waals surface area contributed by atoms with Crippen molar-refractivity contribution in [2.75, 3.05) is 20.2 Å². The molecule has 1 aromatic carbocycles. The summed E-state index contributed by atoms with van der Waals surface area (Å²) in [4.78, 5) is 0. The molecule has 0 saturated carbocycles. The van der Waals surface area contributed by atoms with Gasteiger partial charge in [-0.05, 0) is 56.3 Å². The van der Waals surface area contributed by atoms with Gasteiger partial charge in [-0.15, -0.1) is 0 Å². The number of aryl methyl sites for hydroxylation is 1. The molecule has 0 radical (unpaired) electrons. The van der Waals surface area contributed by atoms with Gasteiger partial charge < -0.3 is 10.1 Å². The third kappa shape index (κ3) is 3.19. The van der Waals surface area contributed by atoms with E-state index in [9.17, 15) is 8.78 Å². The lowest BCUT2D eigenvalue weighted by Crippen LogP contribution is -2.30. The first-order valence-electron chi connectivity index (χ1n) is 6.43. The van der Waals surface area contributed by atoms with Crippen LogP contribution >= 0.6 is 0 Å². The van der Waals surface area contributed by atoms with Crippen LogP contribution in [-0.2, 0) is 6.42 Å². The highest BCUT2D eigenvalue weighted by Crippen LogP contribution is 2.24. The normalized spacial score (nSPS) is 19.8. The zero-order valence-corrected chi connectivity index (χ0v) is 10.6. The Morgan fingerprint density at radius 1 is 1.33 bits per heavy atom. The van der Waals surface area contributed by atoms with Crippen molar-refractivity contribution in [3.8, 4) is 5.75 Å². The molecule has 1 aliphatic heterocycles. The second kappa shape index (κ2) is 6.14. The molecule has 0 aromatic heterocycles. The lowest BCUT2D eigenvalue weighted by molar-refractivity contribution is 0.355. The number of nitrogens with one attached hydrogen (secondary N) is 1. The van der Waals surface area contributed by atoms with Crippen LogP contribution in [0, 0.1) is 17.6 Å². The summed E-state index contributed by atoms with van der Waals surface area (Å²) in [5.74, 6) is -0.327. The fraction of sp³-hybridized carbons (Fsp3) is 0.571. The number of rotatable bonds is 4. The Kier molecular flexibility index (Phi) is 4.53. The maximum absolute atomic E-state index is 13.7. The van der Waals surface area contributed by atoms with E-state index in [1.54, 1.807) is 0 Å². The molecular formula is C14H19F2NO. The Hall–Kier alpha value is -1.16. The van der Waals surface area contributed by atoms with Gasteiger partial charge in [0.25, 0.3) is 0 Å². The van der Waals surface area contributed by atoms with E-state index in [-0.39, 0.29) is 11.6 Å². The molecule has 1 heterocycles. The molecule has 1 aliphatic rings. The second-order valence-corrected chi connectivity index (χ2v) is 4.83. The lowest BCUT2D eigenvalue weighted by Gasteiger charge is -2.22. The molecule has 1 unspecified atom stereocenters. The maximum Gasteiger partial charge on any atom is 0.165 e. The van der Waals surface area contributed by atoms with E-state index in [1.165, 1.54) is 26.0 Å². The summed E-state index contributed by atoms with van der Waals surface area (Å²) in [5.41, 5.74) is 0.443. The van der Waals surface area contributed by atoms with Crippen molar-refractivity contribution in [3.63, 3.8) is 0 Å². The zero-order valence-electron chi connectivity index (χ0n) is 10.6. The van der Waals surface area contributed by atoms with Gasteiger partial charge in [0, 0.05) is 6.07 Å². The Labute approximate surface area is 106 Å². The van der Waals surface area contributed by atoms with Crippen molar-refractivity contribution < 1.29 is 13.5 Å². The molecule has 2 nitrogen and oxygen atoms in total. The Balaban J connectivity index is 1.98. The average Bonchev–Trinajstić information content (AvgIpc) is 2.40.